The Kier molecular flexibility index (Phi) is 7.07. The first-order valence-corrected chi connectivity index (χ1v) is 13.0. The van der Waals surface area contributed by atoms with Crippen LogP contribution in [0.1, 0.15) is 5.56 Å². The fraction of sp³-hybridized carbons (Fsp3) is 0.219. The number of hydrogen-bond donors (Lipinski definition) is 0. The monoisotopic (exact) mass is 506 g/mol. The Morgan fingerprint density at radius 2 is 1.50 bits per heavy atom. The van der Waals surface area contributed by atoms with Crippen molar-refractivity contribution in [1.29, 1.82) is 0 Å². The highest BCUT2D eigenvalue weighted by Gasteiger charge is 2.22. The van der Waals surface area contributed by atoms with E-state index in [9.17, 15) is 4.79 Å². The van der Waals surface area contributed by atoms with Gasteiger partial charge in [-0.05, 0) is 35.4 Å². The quantitative estimate of drug-likeness (QED) is 0.271. The topological polar surface area (TPSA) is 56.8 Å². The zero-order valence-corrected chi connectivity index (χ0v) is 21.2. The van der Waals surface area contributed by atoms with Gasteiger partial charge in [0, 0.05) is 43.0 Å². The molecule has 0 N–H and O–H groups in total. The number of aromatic nitrogens is 1. The number of fused-ring (bicyclic) bond motifs is 1. The van der Waals surface area contributed by atoms with E-state index in [-0.39, 0.29) is 5.43 Å². The summed E-state index contributed by atoms with van der Waals surface area (Å²) in [7, 11) is 0. The van der Waals surface area contributed by atoms with E-state index in [2.05, 4.69) is 17.0 Å². The predicted molar refractivity (Wildman–Crippen MR) is 150 cm³/mol. The standard InChI is InChI=1S/C32H30N2O4/c35-28-15-16-34(23-24-7-3-1-4-8-24)32-30(28)29(25-9-5-2-6-10-25)31(38-32)26-11-13-27(14-12-26)37-22-19-33-17-20-36-21-18-33/h1-16H,17-23H2. The van der Waals surface area contributed by atoms with Gasteiger partial charge in [0.15, 0.2) is 5.43 Å². The molecule has 6 nitrogen and oxygen atoms in total. The van der Waals surface area contributed by atoms with Crippen LogP contribution in [-0.2, 0) is 11.3 Å². The van der Waals surface area contributed by atoms with Crippen molar-refractivity contribution in [3.8, 4) is 28.2 Å². The molecule has 0 spiro atoms. The minimum absolute atomic E-state index is 0.0544. The first kappa shape index (κ1) is 24.2. The molecule has 38 heavy (non-hydrogen) atoms. The van der Waals surface area contributed by atoms with Crippen molar-refractivity contribution in [2.75, 3.05) is 39.5 Å². The molecule has 1 saturated heterocycles. The Labute approximate surface area is 221 Å². The smallest absolute Gasteiger partial charge is 0.212 e. The minimum atomic E-state index is -0.0544. The number of nitrogens with zero attached hydrogens (tertiary/aromatic N) is 2. The van der Waals surface area contributed by atoms with Crippen molar-refractivity contribution in [3.05, 3.63) is 113 Å². The van der Waals surface area contributed by atoms with E-state index < -0.39 is 0 Å². The number of ether oxygens (including phenoxy) is 2. The summed E-state index contributed by atoms with van der Waals surface area (Å²) in [5.74, 6) is 1.49. The molecule has 2 aromatic heterocycles. The fourth-order valence-corrected chi connectivity index (χ4v) is 4.97. The van der Waals surface area contributed by atoms with E-state index in [1.54, 1.807) is 6.07 Å². The molecule has 6 rings (SSSR count). The Bertz CT molecular complexity index is 1550. The molecule has 0 atom stereocenters. The molecule has 3 aromatic carbocycles. The van der Waals surface area contributed by atoms with Crippen molar-refractivity contribution in [2.45, 2.75) is 6.54 Å². The second kappa shape index (κ2) is 11.1. The number of hydrogen-bond acceptors (Lipinski definition) is 5. The van der Waals surface area contributed by atoms with Gasteiger partial charge in [0.25, 0.3) is 0 Å². The maximum absolute atomic E-state index is 13.2. The summed E-state index contributed by atoms with van der Waals surface area (Å²) in [6.07, 6.45) is 1.81. The summed E-state index contributed by atoms with van der Waals surface area (Å²) in [5, 5.41) is 0.593. The van der Waals surface area contributed by atoms with E-state index >= 15 is 0 Å². The van der Waals surface area contributed by atoms with Crippen molar-refractivity contribution >= 4 is 11.1 Å². The van der Waals surface area contributed by atoms with Crippen LogP contribution in [0.5, 0.6) is 5.75 Å². The van der Waals surface area contributed by atoms with Gasteiger partial charge in [-0.1, -0.05) is 60.7 Å². The zero-order valence-electron chi connectivity index (χ0n) is 21.2. The lowest BCUT2D eigenvalue weighted by atomic mass is 9.99. The van der Waals surface area contributed by atoms with Gasteiger partial charge in [-0.25, -0.2) is 0 Å². The number of rotatable bonds is 8. The van der Waals surface area contributed by atoms with Gasteiger partial charge in [0.05, 0.1) is 25.1 Å². The molecule has 0 radical (unpaired) electrons. The van der Waals surface area contributed by atoms with E-state index in [0.717, 1.165) is 60.9 Å². The molecular weight excluding hydrogens is 476 g/mol. The molecule has 1 aliphatic rings. The van der Waals surface area contributed by atoms with Gasteiger partial charge < -0.3 is 18.5 Å². The van der Waals surface area contributed by atoms with Gasteiger partial charge >= 0.3 is 0 Å². The van der Waals surface area contributed by atoms with Crippen LogP contribution in [0.15, 0.2) is 106 Å². The fourth-order valence-electron chi connectivity index (χ4n) is 4.97. The van der Waals surface area contributed by atoms with E-state index in [1.165, 1.54) is 0 Å². The third-order valence-corrected chi connectivity index (χ3v) is 6.96. The van der Waals surface area contributed by atoms with Crippen molar-refractivity contribution in [2.24, 2.45) is 0 Å². The highest BCUT2D eigenvalue weighted by atomic mass is 16.5. The zero-order chi connectivity index (χ0) is 25.7. The third-order valence-electron chi connectivity index (χ3n) is 6.96. The normalized spacial score (nSPS) is 14.1. The Morgan fingerprint density at radius 3 is 2.24 bits per heavy atom. The van der Waals surface area contributed by atoms with Crippen LogP contribution in [-0.4, -0.2) is 48.9 Å². The highest BCUT2D eigenvalue weighted by molar-refractivity contribution is 6.00. The Balaban J connectivity index is 1.35. The van der Waals surface area contributed by atoms with Crippen LogP contribution in [0.3, 0.4) is 0 Å². The maximum Gasteiger partial charge on any atom is 0.212 e. The third kappa shape index (κ3) is 5.14. The molecule has 6 heteroatoms. The largest absolute Gasteiger partial charge is 0.492 e. The summed E-state index contributed by atoms with van der Waals surface area (Å²) in [4.78, 5) is 15.6. The van der Waals surface area contributed by atoms with Gasteiger partial charge in [-0.3, -0.25) is 9.69 Å². The first-order chi connectivity index (χ1) is 18.8. The van der Waals surface area contributed by atoms with E-state index in [4.69, 9.17) is 13.9 Å². The van der Waals surface area contributed by atoms with Crippen molar-refractivity contribution < 1.29 is 13.9 Å². The van der Waals surface area contributed by atoms with Crippen LogP contribution in [0.4, 0.5) is 0 Å². The molecule has 0 unspecified atom stereocenters. The van der Waals surface area contributed by atoms with Crippen molar-refractivity contribution in [3.63, 3.8) is 0 Å². The molecule has 0 bridgehead atoms. The van der Waals surface area contributed by atoms with Crippen LogP contribution in [0.2, 0.25) is 0 Å². The van der Waals surface area contributed by atoms with Crippen molar-refractivity contribution in [1.82, 2.24) is 9.47 Å². The van der Waals surface area contributed by atoms with Crippen LogP contribution in [0, 0.1) is 0 Å². The highest BCUT2D eigenvalue weighted by Crippen LogP contribution is 2.40. The van der Waals surface area contributed by atoms with Crippen LogP contribution >= 0.6 is 0 Å². The number of furan rings is 1. The molecule has 1 fully saturated rings. The lowest BCUT2D eigenvalue weighted by Gasteiger charge is -2.26. The average Bonchev–Trinajstić information content (AvgIpc) is 3.38. The van der Waals surface area contributed by atoms with Crippen LogP contribution < -0.4 is 10.2 Å². The predicted octanol–water partition coefficient (Wildman–Crippen LogP) is 5.69. The van der Waals surface area contributed by atoms with E-state index in [0.29, 0.717) is 30.0 Å². The molecule has 0 saturated carbocycles. The molecular formula is C32H30N2O4. The summed E-state index contributed by atoms with van der Waals surface area (Å²) in [6.45, 7) is 5.57. The SMILES string of the molecule is O=c1ccn(Cc2ccccc2)c2oc(-c3ccc(OCCN4CCOCC4)cc3)c(-c3ccccc3)c12. The number of benzene rings is 3. The molecule has 0 amide bonds. The molecule has 192 valence electrons. The minimum Gasteiger partial charge on any atom is -0.492 e. The molecule has 5 aromatic rings. The van der Waals surface area contributed by atoms with Gasteiger partial charge in [-0.15, -0.1) is 0 Å². The molecule has 0 aliphatic carbocycles. The number of pyridine rings is 1. The lowest BCUT2D eigenvalue weighted by Crippen LogP contribution is -2.38. The summed E-state index contributed by atoms with van der Waals surface area (Å²) >= 11 is 0. The second-order valence-electron chi connectivity index (χ2n) is 9.47. The Hall–Kier alpha value is -4.13. The average molecular weight is 507 g/mol. The first-order valence-electron chi connectivity index (χ1n) is 13.0. The second-order valence-corrected chi connectivity index (χ2v) is 9.47. The van der Waals surface area contributed by atoms with Gasteiger partial charge in [0.2, 0.25) is 5.71 Å². The van der Waals surface area contributed by atoms with E-state index in [1.807, 2.05) is 83.6 Å². The maximum atomic E-state index is 13.2. The summed E-state index contributed by atoms with van der Waals surface area (Å²) < 4.78 is 20.0. The lowest BCUT2D eigenvalue weighted by molar-refractivity contribution is 0.0322. The molecule has 3 heterocycles. The summed E-state index contributed by atoms with van der Waals surface area (Å²) in [5.41, 5.74) is 4.31. The Morgan fingerprint density at radius 1 is 0.789 bits per heavy atom. The number of morpholine rings is 1. The summed E-state index contributed by atoms with van der Waals surface area (Å²) in [6, 6.07) is 29.7. The van der Waals surface area contributed by atoms with Gasteiger partial charge in [-0.2, -0.15) is 0 Å². The van der Waals surface area contributed by atoms with Gasteiger partial charge in [0.1, 0.15) is 18.1 Å². The van der Waals surface area contributed by atoms with Crippen LogP contribution in [0.25, 0.3) is 33.6 Å². The molecule has 1 aliphatic heterocycles.